The van der Waals surface area contributed by atoms with Gasteiger partial charge in [-0.2, -0.15) is 22.7 Å². The van der Waals surface area contributed by atoms with Crippen LogP contribution in [0.3, 0.4) is 0 Å². The molecule has 3 N–H and O–H groups in total. The van der Waals surface area contributed by atoms with Crippen molar-refractivity contribution in [3.63, 3.8) is 0 Å². The molecule has 3 aromatic carbocycles. The first-order chi connectivity index (χ1) is 17.4. The van der Waals surface area contributed by atoms with Gasteiger partial charge >= 0.3 is 12.1 Å². The van der Waals surface area contributed by atoms with Crippen molar-refractivity contribution >= 4 is 40.7 Å². The predicted molar refractivity (Wildman–Crippen MR) is 129 cm³/mol. The summed E-state index contributed by atoms with van der Waals surface area (Å²) >= 11 is 0. The molecule has 0 bridgehead atoms. The van der Waals surface area contributed by atoms with Crippen molar-refractivity contribution in [2.45, 2.75) is 20.0 Å². The molecule has 0 spiro atoms. The third-order valence-corrected chi connectivity index (χ3v) is 5.78. The van der Waals surface area contributed by atoms with Gasteiger partial charge in [0, 0.05) is 11.3 Å². The molecule has 0 saturated heterocycles. The summed E-state index contributed by atoms with van der Waals surface area (Å²) in [5, 5.41) is 22.9. The van der Waals surface area contributed by atoms with Gasteiger partial charge in [0.1, 0.15) is 5.75 Å². The highest BCUT2D eigenvalue weighted by Crippen LogP contribution is 2.40. The number of benzene rings is 3. The highest BCUT2D eigenvalue weighted by Gasteiger charge is 2.39. The van der Waals surface area contributed by atoms with E-state index < -0.39 is 35.2 Å². The number of hydrazone groups is 1. The molecular formula is C26H19F4N3O4. The Morgan fingerprint density at radius 3 is 2.38 bits per heavy atom. The smallest absolute Gasteiger partial charge is 0.416 e. The van der Waals surface area contributed by atoms with Gasteiger partial charge in [0.05, 0.1) is 16.9 Å². The van der Waals surface area contributed by atoms with E-state index in [0.717, 1.165) is 40.3 Å². The van der Waals surface area contributed by atoms with Gasteiger partial charge in [-0.05, 0) is 79.1 Å². The topological polar surface area (TPSA) is 102 Å². The van der Waals surface area contributed by atoms with Gasteiger partial charge < -0.3 is 10.2 Å². The third-order valence-electron chi connectivity index (χ3n) is 5.78. The van der Waals surface area contributed by atoms with Gasteiger partial charge in [-0.1, -0.05) is 12.1 Å². The van der Waals surface area contributed by atoms with Crippen LogP contribution in [0.4, 0.5) is 34.6 Å². The standard InChI is InChI=1S/C26H19F4N3O4/c1-13-3-6-17(9-14(13)2)33-21-12-16(26(28,29)30)5-7-18(21)23(24(33)35)32-31-20-8-4-15(11-22(20)34)10-19(27)25(36)37/h3-12,31,34H,1-2H3,(H,36,37)/b19-10-,32-23-. The molecule has 0 saturated carbocycles. The Balaban J connectivity index is 1.75. The zero-order chi connectivity index (χ0) is 27.1. The van der Waals surface area contributed by atoms with Gasteiger partial charge in [0.2, 0.25) is 5.83 Å². The molecule has 1 aliphatic rings. The largest absolute Gasteiger partial charge is 0.506 e. The number of hydrogen-bond donors (Lipinski definition) is 3. The molecular weight excluding hydrogens is 494 g/mol. The number of carboxylic acid groups (broad SMARTS) is 1. The van der Waals surface area contributed by atoms with Crippen molar-refractivity contribution < 1.29 is 37.4 Å². The van der Waals surface area contributed by atoms with E-state index in [1.165, 1.54) is 12.1 Å². The number of carboxylic acids is 1. The molecule has 1 heterocycles. The van der Waals surface area contributed by atoms with Crippen LogP contribution >= 0.6 is 0 Å². The number of aliphatic carboxylic acids is 1. The quantitative estimate of drug-likeness (QED) is 0.170. The molecule has 1 amide bonds. The second-order valence-corrected chi connectivity index (χ2v) is 8.29. The van der Waals surface area contributed by atoms with E-state index in [2.05, 4.69) is 10.5 Å². The number of carbonyl (C=O) groups excluding carboxylic acids is 1. The van der Waals surface area contributed by atoms with Gasteiger partial charge in [0.25, 0.3) is 5.91 Å². The van der Waals surface area contributed by atoms with Crippen LogP contribution < -0.4 is 10.3 Å². The fraction of sp³-hybridized carbons (Fsp3) is 0.115. The van der Waals surface area contributed by atoms with Gasteiger partial charge in [0.15, 0.2) is 5.71 Å². The van der Waals surface area contributed by atoms with E-state index in [1.807, 2.05) is 13.8 Å². The third kappa shape index (κ3) is 5.01. The minimum atomic E-state index is -4.63. The average Bonchev–Trinajstić information content (AvgIpc) is 3.10. The minimum Gasteiger partial charge on any atom is -0.506 e. The van der Waals surface area contributed by atoms with E-state index in [9.17, 15) is 32.3 Å². The summed E-state index contributed by atoms with van der Waals surface area (Å²) in [5.41, 5.74) is 3.70. The number of halogens is 4. The molecule has 0 atom stereocenters. The lowest BCUT2D eigenvalue weighted by Crippen LogP contribution is -2.26. The van der Waals surface area contributed by atoms with E-state index >= 15 is 0 Å². The Hall–Kier alpha value is -4.67. The van der Waals surface area contributed by atoms with Crippen molar-refractivity contribution in [2.24, 2.45) is 5.10 Å². The fourth-order valence-electron chi connectivity index (χ4n) is 3.71. The lowest BCUT2D eigenvalue weighted by Gasteiger charge is -2.19. The number of anilines is 3. The van der Waals surface area contributed by atoms with Crippen molar-refractivity contribution in [1.82, 2.24) is 0 Å². The number of aromatic hydroxyl groups is 1. The summed E-state index contributed by atoms with van der Waals surface area (Å²) in [6.07, 6.45) is -3.93. The number of fused-ring (bicyclic) bond motifs is 1. The Bertz CT molecular complexity index is 1500. The molecule has 0 fully saturated rings. The van der Waals surface area contributed by atoms with Gasteiger partial charge in [-0.15, -0.1) is 0 Å². The lowest BCUT2D eigenvalue weighted by molar-refractivity contribution is -0.137. The minimum absolute atomic E-state index is 0.00233. The Kier molecular flexibility index (Phi) is 6.47. The maximum absolute atomic E-state index is 13.4. The summed E-state index contributed by atoms with van der Waals surface area (Å²) in [4.78, 5) is 25.2. The number of phenols is 1. The van der Waals surface area contributed by atoms with Crippen LogP contribution in [0.2, 0.25) is 0 Å². The summed E-state index contributed by atoms with van der Waals surface area (Å²) in [5.74, 6) is -4.32. The predicted octanol–water partition coefficient (Wildman–Crippen LogP) is 5.92. The van der Waals surface area contributed by atoms with E-state index in [1.54, 1.807) is 18.2 Å². The van der Waals surface area contributed by atoms with Crippen molar-refractivity contribution in [3.05, 3.63) is 88.2 Å². The number of phenolic OH excluding ortho intramolecular Hbond substituents is 1. The summed E-state index contributed by atoms with van der Waals surface area (Å²) < 4.78 is 53.6. The molecule has 0 unspecified atom stereocenters. The van der Waals surface area contributed by atoms with Crippen LogP contribution in [0, 0.1) is 13.8 Å². The van der Waals surface area contributed by atoms with Crippen LogP contribution in [0.15, 0.2) is 65.5 Å². The van der Waals surface area contributed by atoms with Crippen LogP contribution in [-0.4, -0.2) is 27.8 Å². The van der Waals surface area contributed by atoms with Crippen molar-refractivity contribution in [3.8, 4) is 5.75 Å². The van der Waals surface area contributed by atoms with Crippen LogP contribution in [0.1, 0.15) is 27.8 Å². The first kappa shape index (κ1) is 25.4. The Labute approximate surface area is 208 Å². The first-order valence-corrected chi connectivity index (χ1v) is 10.8. The molecule has 0 aromatic heterocycles. The summed E-state index contributed by atoms with van der Waals surface area (Å²) in [7, 11) is 0. The molecule has 7 nitrogen and oxygen atoms in total. The average molecular weight is 513 g/mol. The highest BCUT2D eigenvalue weighted by molar-refractivity contribution is 6.55. The lowest BCUT2D eigenvalue weighted by atomic mass is 10.1. The zero-order valence-electron chi connectivity index (χ0n) is 19.4. The molecule has 0 radical (unpaired) electrons. The van der Waals surface area contributed by atoms with Crippen LogP contribution in [-0.2, 0) is 15.8 Å². The summed E-state index contributed by atoms with van der Waals surface area (Å²) in [6, 6.07) is 11.6. The number of aryl methyl sites for hydroxylation is 2. The monoisotopic (exact) mass is 513 g/mol. The van der Waals surface area contributed by atoms with E-state index in [-0.39, 0.29) is 28.2 Å². The number of amides is 1. The second-order valence-electron chi connectivity index (χ2n) is 8.29. The number of rotatable bonds is 5. The van der Waals surface area contributed by atoms with E-state index in [4.69, 9.17) is 5.11 Å². The molecule has 3 aromatic rings. The Morgan fingerprint density at radius 2 is 1.76 bits per heavy atom. The molecule has 4 rings (SSSR count). The maximum Gasteiger partial charge on any atom is 0.416 e. The summed E-state index contributed by atoms with van der Waals surface area (Å²) in [6.45, 7) is 3.67. The van der Waals surface area contributed by atoms with Gasteiger partial charge in [-0.3, -0.25) is 15.1 Å². The van der Waals surface area contributed by atoms with Crippen LogP contribution in [0.5, 0.6) is 5.75 Å². The highest BCUT2D eigenvalue weighted by atomic mass is 19.4. The molecule has 0 aliphatic carbocycles. The van der Waals surface area contributed by atoms with Crippen molar-refractivity contribution in [1.29, 1.82) is 0 Å². The molecule has 190 valence electrons. The van der Waals surface area contributed by atoms with Gasteiger partial charge in [-0.25, -0.2) is 4.79 Å². The second kappa shape index (κ2) is 9.41. The SMILES string of the molecule is Cc1ccc(N2C(=O)/C(=N\Nc3ccc(/C=C(\F)C(=O)O)cc3O)c3ccc(C(F)(F)F)cc32)cc1C. The zero-order valence-corrected chi connectivity index (χ0v) is 19.4. The maximum atomic E-state index is 13.4. The number of hydrogen-bond acceptors (Lipinski definition) is 5. The number of alkyl halides is 3. The Morgan fingerprint density at radius 1 is 1.03 bits per heavy atom. The fourth-order valence-corrected chi connectivity index (χ4v) is 3.71. The molecule has 1 aliphatic heterocycles. The molecule has 11 heteroatoms. The number of nitrogens with zero attached hydrogens (tertiary/aromatic N) is 2. The number of carbonyl (C=O) groups is 2. The van der Waals surface area contributed by atoms with Crippen LogP contribution in [0.25, 0.3) is 6.08 Å². The number of nitrogens with one attached hydrogen (secondary N) is 1. The van der Waals surface area contributed by atoms with E-state index in [0.29, 0.717) is 11.8 Å². The normalized spacial score (nSPS) is 14.8. The first-order valence-electron chi connectivity index (χ1n) is 10.8. The van der Waals surface area contributed by atoms with Crippen molar-refractivity contribution in [2.75, 3.05) is 10.3 Å². The molecule has 37 heavy (non-hydrogen) atoms.